The van der Waals surface area contributed by atoms with Gasteiger partial charge in [0.1, 0.15) is 6.10 Å². The second kappa shape index (κ2) is 2.11. The van der Waals surface area contributed by atoms with Gasteiger partial charge in [0.25, 0.3) is 0 Å². The summed E-state index contributed by atoms with van der Waals surface area (Å²) in [5.41, 5.74) is 0. The largest absolute Gasteiger partial charge is 0.348 e. The molecular formula is C7H10N2O3. The molecule has 4 bridgehead atoms. The van der Waals surface area contributed by atoms with E-state index >= 15 is 0 Å². The first-order valence-electron chi connectivity index (χ1n) is 4.17. The Morgan fingerprint density at radius 1 is 1.33 bits per heavy atom. The van der Waals surface area contributed by atoms with Crippen molar-refractivity contribution < 1.29 is 14.3 Å². The van der Waals surface area contributed by atoms with E-state index in [0.717, 1.165) is 6.42 Å². The highest BCUT2D eigenvalue weighted by Crippen LogP contribution is 2.29. The van der Waals surface area contributed by atoms with Gasteiger partial charge in [-0.25, -0.2) is 4.79 Å². The van der Waals surface area contributed by atoms with E-state index in [1.54, 1.807) is 0 Å². The molecule has 3 aliphatic heterocycles. The summed E-state index contributed by atoms with van der Waals surface area (Å²) in [6.45, 7) is 0.605. The minimum Gasteiger partial charge on any atom is -0.348 e. The van der Waals surface area contributed by atoms with E-state index in [2.05, 4.69) is 10.6 Å². The van der Waals surface area contributed by atoms with Gasteiger partial charge in [0, 0.05) is 0 Å². The maximum atomic E-state index is 11.1. The molecule has 2 amide bonds. The van der Waals surface area contributed by atoms with E-state index in [0.29, 0.717) is 6.61 Å². The summed E-state index contributed by atoms with van der Waals surface area (Å²) in [4.78, 5) is 11.1. The average molecular weight is 170 g/mol. The van der Waals surface area contributed by atoms with Crippen molar-refractivity contribution >= 4 is 6.03 Å². The fraction of sp³-hybridized carbons (Fsp3) is 0.857. The van der Waals surface area contributed by atoms with Crippen LogP contribution in [-0.2, 0) is 9.47 Å². The Bertz CT molecular complexity index is 213. The van der Waals surface area contributed by atoms with Crippen LogP contribution in [0, 0.1) is 0 Å². The molecule has 66 valence electrons. The second-order valence-electron chi connectivity index (χ2n) is 3.44. The molecule has 3 saturated heterocycles. The van der Waals surface area contributed by atoms with Gasteiger partial charge in [-0.05, 0) is 6.42 Å². The Hall–Kier alpha value is -0.810. The van der Waals surface area contributed by atoms with Crippen LogP contribution in [0.5, 0.6) is 0 Å². The van der Waals surface area contributed by atoms with Gasteiger partial charge < -0.3 is 20.1 Å². The topological polar surface area (TPSA) is 59.6 Å². The normalized spacial score (nSPS) is 49.8. The van der Waals surface area contributed by atoms with E-state index in [9.17, 15) is 4.79 Å². The van der Waals surface area contributed by atoms with Crippen molar-refractivity contribution in [3.63, 3.8) is 0 Å². The number of carbonyl (C=O) groups is 1. The molecule has 0 unspecified atom stereocenters. The van der Waals surface area contributed by atoms with Gasteiger partial charge in [-0.2, -0.15) is 0 Å². The Balaban J connectivity index is 1.90. The molecule has 4 atom stereocenters. The monoisotopic (exact) mass is 170 g/mol. The zero-order valence-corrected chi connectivity index (χ0v) is 6.45. The molecule has 5 nitrogen and oxygen atoms in total. The summed E-state index contributed by atoms with van der Waals surface area (Å²) in [5.74, 6) is 0. The highest BCUT2D eigenvalue weighted by molar-refractivity contribution is 5.75. The van der Waals surface area contributed by atoms with E-state index in [1.165, 1.54) is 0 Å². The van der Waals surface area contributed by atoms with Crippen molar-refractivity contribution in [3.8, 4) is 0 Å². The molecule has 12 heavy (non-hydrogen) atoms. The number of urea groups is 1. The lowest BCUT2D eigenvalue weighted by atomic mass is 9.98. The molecule has 3 rings (SSSR count). The minimum atomic E-state index is -0.211. The summed E-state index contributed by atoms with van der Waals surface area (Å²) in [5, 5.41) is 5.60. The van der Waals surface area contributed by atoms with Gasteiger partial charge in [-0.15, -0.1) is 0 Å². The van der Waals surface area contributed by atoms with E-state index in [4.69, 9.17) is 9.47 Å². The fourth-order valence-corrected chi connectivity index (χ4v) is 2.06. The summed E-state index contributed by atoms with van der Waals surface area (Å²) in [6, 6.07) is 0.0880. The predicted octanol–water partition coefficient (Wildman–Crippen LogP) is -0.818. The smallest absolute Gasteiger partial charge is 0.315 e. The van der Waals surface area contributed by atoms with Crippen molar-refractivity contribution in [2.24, 2.45) is 0 Å². The first kappa shape index (κ1) is 6.68. The SMILES string of the molecule is O=C1N[C@H]2C[C@@H](N1)[C@@H]1OC[C@H]2O1. The lowest BCUT2D eigenvalue weighted by Gasteiger charge is -2.38. The molecule has 0 aromatic heterocycles. The molecule has 5 heteroatoms. The van der Waals surface area contributed by atoms with Crippen LogP contribution in [0.15, 0.2) is 0 Å². The molecule has 3 heterocycles. The standard InChI is InChI=1S/C7H10N2O3/c10-7-8-3-1-4(9-7)6-11-2-5(3)12-6/h3-6H,1-2H2,(H2,8,9,10)/t3-,4+,5+,6+/m0/s1. The first-order valence-corrected chi connectivity index (χ1v) is 4.17. The van der Waals surface area contributed by atoms with Gasteiger partial charge in [0.15, 0.2) is 6.29 Å². The number of rotatable bonds is 0. The quantitative estimate of drug-likeness (QED) is 0.499. The van der Waals surface area contributed by atoms with Crippen molar-refractivity contribution in [2.75, 3.05) is 6.61 Å². The first-order chi connectivity index (χ1) is 5.83. The molecule has 0 aromatic rings. The average Bonchev–Trinajstić information content (AvgIpc) is 2.46. The molecule has 0 radical (unpaired) electrons. The van der Waals surface area contributed by atoms with Crippen molar-refractivity contribution in [1.82, 2.24) is 10.6 Å². The maximum Gasteiger partial charge on any atom is 0.315 e. The Morgan fingerprint density at radius 3 is 3.08 bits per heavy atom. The van der Waals surface area contributed by atoms with Crippen LogP contribution in [0.3, 0.4) is 0 Å². The molecule has 3 fully saturated rings. The second-order valence-corrected chi connectivity index (χ2v) is 3.44. The molecule has 2 N–H and O–H groups in total. The Morgan fingerprint density at radius 2 is 2.17 bits per heavy atom. The molecule has 3 aliphatic rings. The number of ether oxygens (including phenoxy) is 2. The third-order valence-corrected chi connectivity index (χ3v) is 2.65. The van der Waals surface area contributed by atoms with Gasteiger partial charge in [0.05, 0.1) is 18.7 Å². The number of hydrogen-bond acceptors (Lipinski definition) is 3. The molecule has 0 aromatic carbocycles. The maximum absolute atomic E-state index is 11.1. The van der Waals surface area contributed by atoms with Crippen LogP contribution in [0.25, 0.3) is 0 Å². The predicted molar refractivity (Wildman–Crippen MR) is 38.5 cm³/mol. The summed E-state index contributed by atoms with van der Waals surface area (Å²) in [7, 11) is 0. The van der Waals surface area contributed by atoms with Gasteiger partial charge in [-0.3, -0.25) is 0 Å². The fourth-order valence-electron chi connectivity index (χ4n) is 2.06. The number of carbonyl (C=O) groups excluding carboxylic acids is 1. The zero-order chi connectivity index (χ0) is 8.13. The van der Waals surface area contributed by atoms with Crippen molar-refractivity contribution in [3.05, 3.63) is 0 Å². The Kier molecular flexibility index (Phi) is 1.18. The Labute approximate surface area is 69.4 Å². The minimum absolute atomic E-state index is 0.0440. The summed E-state index contributed by atoms with van der Waals surface area (Å²) < 4.78 is 10.9. The lowest BCUT2D eigenvalue weighted by Crippen LogP contribution is -2.64. The van der Waals surface area contributed by atoms with Crippen molar-refractivity contribution in [1.29, 1.82) is 0 Å². The van der Waals surface area contributed by atoms with Gasteiger partial charge >= 0.3 is 6.03 Å². The summed E-state index contributed by atoms with van der Waals surface area (Å²) >= 11 is 0. The lowest BCUT2D eigenvalue weighted by molar-refractivity contribution is -0.113. The third-order valence-electron chi connectivity index (χ3n) is 2.65. The summed E-state index contributed by atoms with van der Waals surface area (Å²) in [6.07, 6.45) is 0.774. The van der Waals surface area contributed by atoms with Crippen LogP contribution in [0.4, 0.5) is 4.79 Å². The van der Waals surface area contributed by atoms with E-state index in [-0.39, 0.29) is 30.5 Å². The van der Waals surface area contributed by atoms with E-state index < -0.39 is 0 Å². The van der Waals surface area contributed by atoms with Crippen molar-refractivity contribution in [2.45, 2.75) is 30.9 Å². The highest BCUT2D eigenvalue weighted by atomic mass is 16.7. The number of amides is 2. The van der Waals surface area contributed by atoms with Crippen LogP contribution < -0.4 is 10.6 Å². The third kappa shape index (κ3) is 0.776. The van der Waals surface area contributed by atoms with Crippen LogP contribution in [0.2, 0.25) is 0 Å². The number of nitrogens with one attached hydrogen (secondary N) is 2. The van der Waals surface area contributed by atoms with Crippen LogP contribution in [0.1, 0.15) is 6.42 Å². The van der Waals surface area contributed by atoms with Gasteiger partial charge in [0.2, 0.25) is 0 Å². The van der Waals surface area contributed by atoms with E-state index in [1.807, 2.05) is 0 Å². The molecule has 0 aliphatic carbocycles. The molecule has 0 spiro atoms. The molecule has 0 saturated carbocycles. The van der Waals surface area contributed by atoms with Gasteiger partial charge in [-0.1, -0.05) is 0 Å². The zero-order valence-electron chi connectivity index (χ0n) is 6.45. The van der Waals surface area contributed by atoms with Crippen LogP contribution in [-0.4, -0.2) is 37.1 Å². The molecular weight excluding hydrogens is 160 g/mol. The highest BCUT2D eigenvalue weighted by Gasteiger charge is 2.47. The van der Waals surface area contributed by atoms with Crippen LogP contribution >= 0.6 is 0 Å². The number of hydrogen-bond donors (Lipinski definition) is 2. The number of fused-ring (bicyclic) bond motifs is 6.